The molecule has 1 aromatic heterocycles. The van der Waals surface area contributed by atoms with Gasteiger partial charge in [0.1, 0.15) is 17.7 Å². The Labute approximate surface area is 358 Å². The second kappa shape index (κ2) is 21.6. The van der Waals surface area contributed by atoms with Gasteiger partial charge in [-0.1, -0.05) is 69.3 Å². The average Bonchev–Trinajstić information content (AvgIpc) is 3.78. The molecule has 1 aliphatic rings. The molecule has 2 heterocycles. The maximum absolute atomic E-state index is 14.1. The molecule has 1 saturated heterocycles. The molecule has 1 aliphatic heterocycles. The molecule has 2 aromatic carbocycles. The van der Waals surface area contributed by atoms with Gasteiger partial charge in [-0.25, -0.2) is 9.78 Å². The topological polar surface area (TPSA) is 202 Å². The van der Waals surface area contributed by atoms with Gasteiger partial charge in [0.15, 0.2) is 0 Å². The van der Waals surface area contributed by atoms with Gasteiger partial charge < -0.3 is 41.2 Å². The first-order chi connectivity index (χ1) is 28.2. The lowest BCUT2D eigenvalue weighted by molar-refractivity contribution is -0.144. The zero-order valence-corrected chi connectivity index (χ0v) is 37.2. The monoisotopic (exact) mass is 848 g/mol. The number of alkyl carbamates (subject to hydrolysis) is 1. The van der Waals surface area contributed by atoms with E-state index in [9.17, 15) is 29.1 Å². The molecular weight excluding hydrogens is 785 g/mol. The van der Waals surface area contributed by atoms with Gasteiger partial charge in [-0.2, -0.15) is 0 Å². The number of β-amino-alcohol motifs (C(OH)–C–C–N with tert-alkyl or cyclic N) is 1. The minimum absolute atomic E-state index is 0.00431. The van der Waals surface area contributed by atoms with Crippen molar-refractivity contribution in [3.05, 3.63) is 76.4 Å². The van der Waals surface area contributed by atoms with Crippen LogP contribution in [0.4, 0.5) is 4.79 Å². The number of thiazole rings is 1. The number of nitrogens with two attached hydrogens (primary N) is 1. The fourth-order valence-electron chi connectivity index (χ4n) is 6.97. The molecule has 14 nitrogen and oxygen atoms in total. The number of ether oxygens (including phenoxy) is 2. The number of unbranched alkanes of at least 4 members (excludes halogenated alkanes) is 1. The number of benzene rings is 2. The van der Waals surface area contributed by atoms with Crippen molar-refractivity contribution >= 4 is 41.1 Å². The summed E-state index contributed by atoms with van der Waals surface area (Å²) in [4.78, 5) is 71.4. The molecular formula is C45H64N6O8S. The van der Waals surface area contributed by atoms with E-state index < -0.39 is 53.2 Å². The number of likely N-dealkylation sites (tertiary alicyclic amines) is 1. The first-order valence-corrected chi connectivity index (χ1v) is 21.6. The minimum Gasteiger partial charge on any atom is -0.444 e. The van der Waals surface area contributed by atoms with Crippen molar-refractivity contribution in [2.45, 2.75) is 143 Å². The zero-order chi connectivity index (χ0) is 44.2. The fraction of sp³-hybridized carbons (Fsp3) is 0.556. The van der Waals surface area contributed by atoms with Gasteiger partial charge in [-0.05, 0) is 88.0 Å². The molecule has 60 heavy (non-hydrogen) atoms. The Kier molecular flexibility index (Phi) is 17.2. The predicted octanol–water partition coefficient (Wildman–Crippen LogP) is 5.88. The second-order valence-electron chi connectivity index (χ2n) is 17.8. The summed E-state index contributed by atoms with van der Waals surface area (Å²) < 4.78 is 11.2. The van der Waals surface area contributed by atoms with Gasteiger partial charge in [0.05, 0.1) is 47.5 Å². The van der Waals surface area contributed by atoms with E-state index in [0.29, 0.717) is 19.4 Å². The van der Waals surface area contributed by atoms with E-state index in [-0.39, 0.29) is 50.3 Å². The van der Waals surface area contributed by atoms with Gasteiger partial charge in [0, 0.05) is 25.8 Å². The standard InChI is InChI=1S/C45H64N6O8S/c1-28(32-17-19-33(20-18-32)39-29(2)47-27-60-39)48-41(55)36-23-35(52)24-51(36)42(56)40(44(3,4)5)50-38(54)12-10-9-11-30-13-15-31(16-14-30)25-58-26-34(21-22-37(46)53)49-43(57)59-45(6,7)8/h13-20,27-28,34-36,40,52H,9-12,21-26H2,1-8H3,(H2,46,53)(H,48,55)(H,49,57)(H,50,54)/t28-,34-,35+,36-,40+/m0/s1. The number of amides is 5. The van der Waals surface area contributed by atoms with Crippen LogP contribution in [-0.4, -0.2) is 87.7 Å². The van der Waals surface area contributed by atoms with Crippen LogP contribution < -0.4 is 21.7 Å². The highest BCUT2D eigenvalue weighted by Crippen LogP contribution is 2.30. The Morgan fingerprint density at radius 1 is 0.933 bits per heavy atom. The van der Waals surface area contributed by atoms with Crippen molar-refractivity contribution in [2.75, 3.05) is 13.2 Å². The number of carbonyl (C=O) groups is 5. The number of nitrogens with one attached hydrogen (secondary N) is 3. The normalized spacial score (nSPS) is 17.1. The number of aliphatic hydroxyl groups is 1. The summed E-state index contributed by atoms with van der Waals surface area (Å²) in [7, 11) is 0. The molecule has 15 heteroatoms. The minimum atomic E-state index is -0.896. The van der Waals surface area contributed by atoms with Crippen molar-refractivity contribution < 1.29 is 38.6 Å². The van der Waals surface area contributed by atoms with E-state index in [1.807, 2.05) is 88.7 Å². The van der Waals surface area contributed by atoms with Crippen molar-refractivity contribution in [1.29, 1.82) is 0 Å². The van der Waals surface area contributed by atoms with Crippen LogP contribution in [0.5, 0.6) is 0 Å². The number of aliphatic hydroxyl groups excluding tert-OH is 1. The molecule has 3 aromatic rings. The number of carbonyl (C=O) groups excluding carboxylic acids is 5. The maximum Gasteiger partial charge on any atom is 0.407 e. The van der Waals surface area contributed by atoms with E-state index in [1.165, 1.54) is 4.90 Å². The van der Waals surface area contributed by atoms with Gasteiger partial charge in [0.2, 0.25) is 23.6 Å². The van der Waals surface area contributed by atoms with E-state index in [4.69, 9.17) is 15.2 Å². The van der Waals surface area contributed by atoms with Crippen LogP contribution in [0.3, 0.4) is 0 Å². The highest BCUT2D eigenvalue weighted by atomic mass is 32.1. The third-order valence-electron chi connectivity index (χ3n) is 10.3. The van der Waals surface area contributed by atoms with Gasteiger partial charge >= 0.3 is 6.09 Å². The molecule has 0 radical (unpaired) electrons. The number of rotatable bonds is 19. The van der Waals surface area contributed by atoms with E-state index >= 15 is 0 Å². The van der Waals surface area contributed by atoms with E-state index in [2.05, 4.69) is 20.9 Å². The summed E-state index contributed by atoms with van der Waals surface area (Å²) in [5.41, 5.74) is 10.8. The van der Waals surface area contributed by atoms with Crippen LogP contribution in [0, 0.1) is 12.3 Å². The Balaban J connectivity index is 1.24. The number of aromatic nitrogens is 1. The van der Waals surface area contributed by atoms with Crippen LogP contribution in [0.1, 0.15) is 115 Å². The molecule has 0 spiro atoms. The Bertz CT molecular complexity index is 1900. The zero-order valence-electron chi connectivity index (χ0n) is 36.3. The van der Waals surface area contributed by atoms with E-state index in [0.717, 1.165) is 45.7 Å². The smallest absolute Gasteiger partial charge is 0.407 e. The quantitative estimate of drug-likeness (QED) is 0.0914. The second-order valence-corrected chi connectivity index (χ2v) is 18.6. The molecule has 328 valence electrons. The lowest BCUT2D eigenvalue weighted by Crippen LogP contribution is -2.57. The summed E-state index contributed by atoms with van der Waals surface area (Å²) in [6.07, 6.45) is 1.43. The molecule has 6 N–H and O–H groups in total. The Hall–Kier alpha value is -4.86. The van der Waals surface area contributed by atoms with Gasteiger partial charge in [0.25, 0.3) is 0 Å². The van der Waals surface area contributed by atoms with Crippen molar-refractivity contribution in [3.8, 4) is 10.4 Å². The molecule has 0 unspecified atom stereocenters. The lowest BCUT2D eigenvalue weighted by atomic mass is 9.85. The molecule has 5 amide bonds. The largest absolute Gasteiger partial charge is 0.444 e. The highest BCUT2D eigenvalue weighted by molar-refractivity contribution is 7.13. The third-order valence-corrected chi connectivity index (χ3v) is 11.2. The SMILES string of the molecule is Cc1ncsc1-c1ccc([C@H](C)NC(=O)[C@@H]2C[C@@H](O)CN2C(=O)[C@@H](NC(=O)CCCCc2ccc(COC[C@H](CCC(N)=O)NC(=O)OC(C)(C)C)cc2)C(C)(C)C)cc1. The van der Waals surface area contributed by atoms with Crippen LogP contribution in [0.25, 0.3) is 10.4 Å². The third kappa shape index (κ3) is 15.0. The van der Waals surface area contributed by atoms with Crippen LogP contribution in [0.15, 0.2) is 54.0 Å². The summed E-state index contributed by atoms with van der Waals surface area (Å²) in [5.74, 6) is -1.46. The number of hydrogen-bond donors (Lipinski definition) is 5. The van der Waals surface area contributed by atoms with Crippen LogP contribution in [0.2, 0.25) is 0 Å². The average molecular weight is 849 g/mol. The number of hydrogen-bond acceptors (Lipinski definition) is 10. The van der Waals surface area contributed by atoms with Gasteiger partial charge in [-0.3, -0.25) is 19.2 Å². The summed E-state index contributed by atoms with van der Waals surface area (Å²) in [5, 5.41) is 19.4. The van der Waals surface area contributed by atoms with Crippen LogP contribution >= 0.6 is 11.3 Å². The lowest BCUT2D eigenvalue weighted by Gasteiger charge is -2.35. The predicted molar refractivity (Wildman–Crippen MR) is 232 cm³/mol. The Morgan fingerprint density at radius 3 is 2.20 bits per heavy atom. The molecule has 1 fully saturated rings. The fourth-order valence-corrected chi connectivity index (χ4v) is 7.78. The Morgan fingerprint density at radius 2 is 1.60 bits per heavy atom. The molecule has 0 saturated carbocycles. The van der Waals surface area contributed by atoms with Crippen molar-refractivity contribution in [3.63, 3.8) is 0 Å². The summed E-state index contributed by atoms with van der Waals surface area (Å²) in [6, 6.07) is 13.3. The number of nitrogens with zero attached hydrogens (tertiary/aromatic N) is 2. The van der Waals surface area contributed by atoms with Crippen molar-refractivity contribution in [2.24, 2.45) is 11.1 Å². The molecule has 0 aliphatic carbocycles. The first-order valence-electron chi connectivity index (χ1n) is 20.7. The molecule has 0 bridgehead atoms. The maximum atomic E-state index is 14.1. The van der Waals surface area contributed by atoms with Crippen LogP contribution in [-0.2, 0) is 41.7 Å². The first kappa shape index (κ1) is 47.8. The number of aryl methyl sites for hydroxylation is 2. The highest BCUT2D eigenvalue weighted by Gasteiger charge is 2.44. The number of primary amides is 1. The molecule has 5 atom stereocenters. The summed E-state index contributed by atoms with van der Waals surface area (Å²) >= 11 is 1.58. The molecule has 4 rings (SSSR count). The van der Waals surface area contributed by atoms with Gasteiger partial charge in [-0.15, -0.1) is 11.3 Å². The van der Waals surface area contributed by atoms with Crippen molar-refractivity contribution in [1.82, 2.24) is 25.8 Å². The van der Waals surface area contributed by atoms with E-state index in [1.54, 1.807) is 32.1 Å². The summed E-state index contributed by atoms with van der Waals surface area (Å²) in [6.45, 7) is 15.3.